The maximum Gasteiger partial charge on any atom is 0.407 e. The Morgan fingerprint density at radius 2 is 1.90 bits per heavy atom. The third-order valence-electron chi connectivity index (χ3n) is 3.85. The third kappa shape index (κ3) is 6.32. The molecule has 0 aliphatic carbocycles. The highest BCUT2D eigenvalue weighted by atomic mass is 79.9. The first-order chi connectivity index (χ1) is 13.8. The first-order valence-electron chi connectivity index (χ1n) is 9.28. The summed E-state index contributed by atoms with van der Waals surface area (Å²) in [6.07, 6.45) is 1.12. The van der Waals surface area contributed by atoms with Gasteiger partial charge in [0.1, 0.15) is 17.7 Å². The van der Waals surface area contributed by atoms with Gasteiger partial charge in [-0.25, -0.2) is 14.8 Å². The molecule has 1 heterocycles. The minimum absolute atomic E-state index is 0.424. The van der Waals surface area contributed by atoms with Gasteiger partial charge in [0, 0.05) is 34.3 Å². The molecule has 29 heavy (non-hydrogen) atoms. The van der Waals surface area contributed by atoms with E-state index in [0.29, 0.717) is 13.1 Å². The minimum Gasteiger partial charge on any atom is -0.444 e. The van der Waals surface area contributed by atoms with Crippen molar-refractivity contribution in [2.45, 2.75) is 26.4 Å². The SMILES string of the molecule is CC(C)(C)OC(=O)NCCNc1ccc2ncnc(Nc3cccc(Br)c3)c2c1. The Balaban J connectivity index is 1.65. The highest BCUT2D eigenvalue weighted by Crippen LogP contribution is 2.26. The van der Waals surface area contributed by atoms with E-state index in [1.807, 2.05) is 63.2 Å². The molecule has 7 nitrogen and oxygen atoms in total. The normalized spacial score (nSPS) is 11.2. The summed E-state index contributed by atoms with van der Waals surface area (Å²) in [7, 11) is 0. The van der Waals surface area contributed by atoms with Crippen molar-refractivity contribution in [2.75, 3.05) is 23.7 Å². The lowest BCUT2D eigenvalue weighted by Gasteiger charge is -2.19. The van der Waals surface area contributed by atoms with Crippen molar-refractivity contribution >= 4 is 50.1 Å². The van der Waals surface area contributed by atoms with Gasteiger partial charge in [-0.3, -0.25) is 0 Å². The fourth-order valence-electron chi connectivity index (χ4n) is 2.65. The molecule has 1 aromatic heterocycles. The molecule has 8 heteroatoms. The molecule has 0 aliphatic rings. The average Bonchev–Trinajstić information content (AvgIpc) is 2.64. The lowest BCUT2D eigenvalue weighted by Crippen LogP contribution is -2.34. The first-order valence-corrected chi connectivity index (χ1v) is 10.1. The van der Waals surface area contributed by atoms with Crippen LogP contribution < -0.4 is 16.0 Å². The van der Waals surface area contributed by atoms with Gasteiger partial charge in [0.2, 0.25) is 0 Å². The van der Waals surface area contributed by atoms with Gasteiger partial charge in [-0.05, 0) is 57.2 Å². The van der Waals surface area contributed by atoms with E-state index in [9.17, 15) is 4.79 Å². The predicted octanol–water partition coefficient (Wildman–Crippen LogP) is 5.07. The fraction of sp³-hybridized carbons (Fsp3) is 0.286. The van der Waals surface area contributed by atoms with E-state index in [0.717, 1.165) is 32.6 Å². The second-order valence-electron chi connectivity index (χ2n) is 7.44. The standard InChI is InChI=1S/C21H24BrN5O2/c1-21(2,3)29-20(28)24-10-9-23-15-7-8-18-17(12-15)19(26-13-25-18)27-16-6-4-5-14(22)11-16/h4-8,11-13,23H,9-10H2,1-3H3,(H,24,28)(H,25,26,27). The lowest BCUT2D eigenvalue weighted by molar-refractivity contribution is 0.0530. The fourth-order valence-corrected chi connectivity index (χ4v) is 3.05. The van der Waals surface area contributed by atoms with Crippen molar-refractivity contribution in [3.05, 3.63) is 53.3 Å². The highest BCUT2D eigenvalue weighted by molar-refractivity contribution is 9.10. The van der Waals surface area contributed by atoms with Gasteiger partial charge < -0.3 is 20.7 Å². The molecule has 0 saturated heterocycles. The highest BCUT2D eigenvalue weighted by Gasteiger charge is 2.15. The number of aromatic nitrogens is 2. The molecule has 0 aliphatic heterocycles. The number of benzene rings is 2. The number of alkyl carbamates (subject to hydrolysis) is 1. The van der Waals surface area contributed by atoms with Crippen LogP contribution in [0.15, 0.2) is 53.3 Å². The molecule has 3 N–H and O–H groups in total. The topological polar surface area (TPSA) is 88.2 Å². The van der Waals surface area contributed by atoms with Crippen LogP contribution in [0.1, 0.15) is 20.8 Å². The molecular weight excluding hydrogens is 434 g/mol. The van der Waals surface area contributed by atoms with Gasteiger partial charge in [0.05, 0.1) is 5.52 Å². The molecule has 0 unspecified atom stereocenters. The Morgan fingerprint density at radius 1 is 1.07 bits per heavy atom. The Labute approximate surface area is 178 Å². The van der Waals surface area contributed by atoms with Gasteiger partial charge in [0.15, 0.2) is 0 Å². The number of hydrogen-bond donors (Lipinski definition) is 3. The van der Waals surface area contributed by atoms with Crippen LogP contribution in [0.2, 0.25) is 0 Å². The van der Waals surface area contributed by atoms with Gasteiger partial charge in [-0.15, -0.1) is 0 Å². The molecular formula is C21H24BrN5O2. The van der Waals surface area contributed by atoms with E-state index in [2.05, 4.69) is 41.8 Å². The molecule has 0 bridgehead atoms. The molecule has 3 aromatic rings. The average molecular weight is 458 g/mol. The molecule has 0 radical (unpaired) electrons. The number of nitrogens with one attached hydrogen (secondary N) is 3. The van der Waals surface area contributed by atoms with Crippen LogP contribution in [0.3, 0.4) is 0 Å². The minimum atomic E-state index is -0.506. The Morgan fingerprint density at radius 3 is 2.66 bits per heavy atom. The van der Waals surface area contributed by atoms with Gasteiger partial charge in [-0.1, -0.05) is 22.0 Å². The summed E-state index contributed by atoms with van der Waals surface area (Å²) < 4.78 is 6.21. The number of anilines is 3. The van der Waals surface area contributed by atoms with Crippen LogP contribution in [-0.4, -0.2) is 34.8 Å². The molecule has 0 fully saturated rings. The number of fused-ring (bicyclic) bond motifs is 1. The third-order valence-corrected chi connectivity index (χ3v) is 4.34. The summed E-state index contributed by atoms with van der Waals surface area (Å²) in [5, 5.41) is 10.3. The molecule has 0 atom stereocenters. The quantitative estimate of drug-likeness (QED) is 0.447. The first kappa shape index (κ1) is 20.9. The summed E-state index contributed by atoms with van der Waals surface area (Å²) in [4.78, 5) is 20.4. The van der Waals surface area contributed by atoms with Crippen molar-refractivity contribution in [2.24, 2.45) is 0 Å². The van der Waals surface area contributed by atoms with E-state index in [1.54, 1.807) is 6.33 Å². The molecule has 3 rings (SSSR count). The number of rotatable bonds is 6. The predicted molar refractivity (Wildman–Crippen MR) is 120 cm³/mol. The van der Waals surface area contributed by atoms with Crippen molar-refractivity contribution in [3.63, 3.8) is 0 Å². The molecule has 2 aromatic carbocycles. The second-order valence-corrected chi connectivity index (χ2v) is 8.36. The van der Waals surface area contributed by atoms with Crippen molar-refractivity contribution in [1.29, 1.82) is 0 Å². The van der Waals surface area contributed by atoms with E-state index in [-0.39, 0.29) is 0 Å². The van der Waals surface area contributed by atoms with Gasteiger partial charge in [-0.2, -0.15) is 0 Å². The van der Waals surface area contributed by atoms with Crippen LogP contribution in [0, 0.1) is 0 Å². The van der Waals surface area contributed by atoms with E-state index >= 15 is 0 Å². The molecule has 0 spiro atoms. The van der Waals surface area contributed by atoms with Crippen LogP contribution >= 0.6 is 15.9 Å². The van der Waals surface area contributed by atoms with Crippen molar-refractivity contribution < 1.29 is 9.53 Å². The summed E-state index contributed by atoms with van der Waals surface area (Å²) in [5.74, 6) is 0.726. The number of amides is 1. The summed E-state index contributed by atoms with van der Waals surface area (Å²) >= 11 is 3.48. The maximum atomic E-state index is 11.7. The zero-order valence-corrected chi connectivity index (χ0v) is 18.2. The number of carbonyl (C=O) groups excluding carboxylic acids is 1. The Bertz CT molecular complexity index is 1000. The number of nitrogens with zero attached hydrogens (tertiary/aromatic N) is 2. The smallest absolute Gasteiger partial charge is 0.407 e. The summed E-state index contributed by atoms with van der Waals surface area (Å²) in [6, 6.07) is 13.8. The van der Waals surface area contributed by atoms with E-state index in [1.165, 1.54) is 0 Å². The Kier molecular flexibility index (Phi) is 6.53. The molecule has 152 valence electrons. The van der Waals surface area contributed by atoms with Gasteiger partial charge in [0.25, 0.3) is 0 Å². The van der Waals surface area contributed by atoms with Crippen LogP contribution in [0.5, 0.6) is 0 Å². The van der Waals surface area contributed by atoms with Gasteiger partial charge >= 0.3 is 6.09 Å². The summed E-state index contributed by atoms with van der Waals surface area (Å²) in [6.45, 7) is 6.51. The van der Waals surface area contributed by atoms with Crippen molar-refractivity contribution in [3.8, 4) is 0 Å². The van der Waals surface area contributed by atoms with Crippen LogP contribution in [0.4, 0.5) is 22.0 Å². The largest absolute Gasteiger partial charge is 0.444 e. The van der Waals surface area contributed by atoms with E-state index < -0.39 is 11.7 Å². The lowest BCUT2D eigenvalue weighted by atomic mass is 10.2. The van der Waals surface area contributed by atoms with Crippen LogP contribution in [0.25, 0.3) is 10.9 Å². The summed E-state index contributed by atoms with van der Waals surface area (Å²) in [5.41, 5.74) is 2.18. The zero-order chi connectivity index (χ0) is 20.9. The maximum absolute atomic E-state index is 11.7. The monoisotopic (exact) mass is 457 g/mol. The number of halogens is 1. The molecule has 1 amide bonds. The van der Waals surface area contributed by atoms with E-state index in [4.69, 9.17) is 4.74 Å². The Hall–Kier alpha value is -2.87. The number of ether oxygens (including phenoxy) is 1. The molecule has 0 saturated carbocycles. The second kappa shape index (κ2) is 9.09. The zero-order valence-electron chi connectivity index (χ0n) is 16.6. The van der Waals surface area contributed by atoms with Crippen LogP contribution in [-0.2, 0) is 4.74 Å². The number of hydrogen-bond acceptors (Lipinski definition) is 6. The number of carbonyl (C=O) groups is 1. The van der Waals surface area contributed by atoms with Crippen molar-refractivity contribution in [1.82, 2.24) is 15.3 Å².